The van der Waals surface area contributed by atoms with Crippen LogP contribution in [0.4, 0.5) is 5.69 Å². The van der Waals surface area contributed by atoms with Crippen LogP contribution in [-0.2, 0) is 5.54 Å². The first-order valence-corrected chi connectivity index (χ1v) is 9.31. The summed E-state index contributed by atoms with van der Waals surface area (Å²) in [6, 6.07) is 40.5. The van der Waals surface area contributed by atoms with E-state index in [1.54, 1.807) is 0 Å². The lowest BCUT2D eigenvalue weighted by Gasteiger charge is -2.38. The molecular formula is C26H23N. The zero-order valence-corrected chi connectivity index (χ0v) is 15.5. The first kappa shape index (κ1) is 17.1. The molecule has 0 fully saturated rings. The molecule has 0 unspecified atom stereocenters. The molecule has 0 amide bonds. The average Bonchev–Trinajstić information content (AvgIpc) is 2.75. The lowest BCUT2D eigenvalue weighted by Crippen LogP contribution is -2.38. The summed E-state index contributed by atoms with van der Waals surface area (Å²) >= 11 is 0. The van der Waals surface area contributed by atoms with Crippen LogP contribution < -0.4 is 5.32 Å². The van der Waals surface area contributed by atoms with Gasteiger partial charge in [-0.1, -0.05) is 109 Å². The summed E-state index contributed by atoms with van der Waals surface area (Å²) in [5, 5.41) is 3.91. The largest absolute Gasteiger partial charge is 0.368 e. The maximum absolute atomic E-state index is 3.91. The number of anilines is 1. The minimum Gasteiger partial charge on any atom is -0.368 e. The van der Waals surface area contributed by atoms with E-state index < -0.39 is 5.54 Å². The van der Waals surface area contributed by atoms with Crippen molar-refractivity contribution >= 4 is 5.69 Å². The van der Waals surface area contributed by atoms with E-state index in [4.69, 9.17) is 0 Å². The normalized spacial score (nSPS) is 11.1. The van der Waals surface area contributed by atoms with E-state index in [0.29, 0.717) is 0 Å². The summed E-state index contributed by atoms with van der Waals surface area (Å²) in [4.78, 5) is 0. The Kier molecular flexibility index (Phi) is 4.76. The molecule has 0 spiro atoms. The van der Waals surface area contributed by atoms with E-state index in [9.17, 15) is 0 Å². The fourth-order valence-corrected chi connectivity index (χ4v) is 3.70. The van der Waals surface area contributed by atoms with Crippen LogP contribution >= 0.6 is 0 Å². The van der Waals surface area contributed by atoms with Gasteiger partial charge in [-0.15, -0.1) is 0 Å². The highest BCUT2D eigenvalue weighted by Gasteiger charge is 2.36. The number of nitrogens with one attached hydrogen (secondary N) is 1. The van der Waals surface area contributed by atoms with Crippen molar-refractivity contribution in [2.24, 2.45) is 0 Å². The lowest BCUT2D eigenvalue weighted by molar-refractivity contribution is 0.711. The van der Waals surface area contributed by atoms with Gasteiger partial charge in [-0.3, -0.25) is 0 Å². The maximum atomic E-state index is 3.91. The molecule has 132 valence electrons. The first-order valence-electron chi connectivity index (χ1n) is 9.31. The molecule has 0 aliphatic carbocycles. The fourth-order valence-electron chi connectivity index (χ4n) is 3.70. The smallest absolute Gasteiger partial charge is 0.114 e. The fraction of sp³-hybridized carbons (Fsp3) is 0.0769. The Morgan fingerprint density at radius 1 is 0.481 bits per heavy atom. The Hall–Kier alpha value is -3.32. The van der Waals surface area contributed by atoms with Crippen molar-refractivity contribution in [3.05, 3.63) is 138 Å². The van der Waals surface area contributed by atoms with Crippen LogP contribution in [0, 0.1) is 6.92 Å². The molecule has 0 atom stereocenters. The second-order valence-corrected chi connectivity index (χ2v) is 6.79. The third-order valence-electron chi connectivity index (χ3n) is 5.09. The van der Waals surface area contributed by atoms with Crippen molar-refractivity contribution in [2.45, 2.75) is 12.5 Å². The molecule has 1 N–H and O–H groups in total. The van der Waals surface area contributed by atoms with Crippen LogP contribution in [0.5, 0.6) is 0 Å². The van der Waals surface area contributed by atoms with Gasteiger partial charge in [-0.25, -0.2) is 0 Å². The van der Waals surface area contributed by atoms with Gasteiger partial charge in [0.05, 0.1) is 0 Å². The van der Waals surface area contributed by atoms with Gasteiger partial charge in [0.25, 0.3) is 0 Å². The molecule has 0 aliphatic rings. The maximum Gasteiger partial charge on any atom is 0.114 e. The van der Waals surface area contributed by atoms with Gasteiger partial charge >= 0.3 is 0 Å². The van der Waals surface area contributed by atoms with Crippen molar-refractivity contribution in [1.29, 1.82) is 0 Å². The van der Waals surface area contributed by atoms with Crippen LogP contribution in [0.15, 0.2) is 115 Å². The van der Waals surface area contributed by atoms with Crippen molar-refractivity contribution < 1.29 is 0 Å². The van der Waals surface area contributed by atoms with Crippen LogP contribution in [0.2, 0.25) is 0 Å². The predicted molar refractivity (Wildman–Crippen MR) is 114 cm³/mol. The number of benzene rings is 4. The molecule has 0 saturated heterocycles. The van der Waals surface area contributed by atoms with E-state index in [-0.39, 0.29) is 0 Å². The summed E-state index contributed by atoms with van der Waals surface area (Å²) in [6.07, 6.45) is 0. The third kappa shape index (κ3) is 3.24. The molecule has 0 aliphatic heterocycles. The number of rotatable bonds is 5. The van der Waals surface area contributed by atoms with Gasteiger partial charge in [0.1, 0.15) is 5.54 Å². The summed E-state index contributed by atoms with van der Waals surface area (Å²) in [7, 11) is 0. The van der Waals surface area contributed by atoms with Crippen molar-refractivity contribution in [3.8, 4) is 0 Å². The molecule has 0 radical (unpaired) electrons. The topological polar surface area (TPSA) is 12.0 Å². The van der Waals surface area contributed by atoms with E-state index in [2.05, 4.69) is 128 Å². The third-order valence-corrected chi connectivity index (χ3v) is 5.09. The molecular weight excluding hydrogens is 326 g/mol. The standard InChI is InChI=1S/C26H23N/c1-21-13-11-12-20-25(21)27-26(22-14-5-2-6-15-22,23-16-7-3-8-17-23)24-18-9-4-10-19-24/h2-20,27H,1H3. The highest BCUT2D eigenvalue weighted by Crippen LogP contribution is 2.40. The Balaban J connectivity index is 2.02. The zero-order chi connectivity index (χ0) is 18.5. The van der Waals surface area contributed by atoms with Crippen LogP contribution in [0.1, 0.15) is 22.3 Å². The quantitative estimate of drug-likeness (QED) is 0.411. The highest BCUT2D eigenvalue weighted by atomic mass is 15.0. The Morgan fingerprint density at radius 2 is 0.852 bits per heavy atom. The van der Waals surface area contributed by atoms with Gasteiger partial charge in [-0.05, 0) is 35.2 Å². The second kappa shape index (κ2) is 7.51. The number of hydrogen-bond acceptors (Lipinski definition) is 1. The minimum absolute atomic E-state index is 0.476. The van der Waals surface area contributed by atoms with Gasteiger partial charge in [-0.2, -0.15) is 0 Å². The van der Waals surface area contributed by atoms with Crippen molar-refractivity contribution in [3.63, 3.8) is 0 Å². The Labute approximate surface area is 161 Å². The zero-order valence-electron chi connectivity index (χ0n) is 15.5. The van der Waals surface area contributed by atoms with Crippen LogP contribution in [-0.4, -0.2) is 0 Å². The van der Waals surface area contributed by atoms with Crippen LogP contribution in [0.3, 0.4) is 0 Å². The molecule has 1 heteroatoms. The van der Waals surface area contributed by atoms with Gasteiger partial charge < -0.3 is 5.32 Å². The first-order chi connectivity index (χ1) is 13.3. The second-order valence-electron chi connectivity index (χ2n) is 6.79. The summed E-state index contributed by atoms with van der Waals surface area (Å²) < 4.78 is 0. The van der Waals surface area contributed by atoms with Crippen molar-refractivity contribution in [2.75, 3.05) is 5.32 Å². The molecule has 0 saturated carbocycles. The minimum atomic E-state index is -0.476. The highest BCUT2D eigenvalue weighted by molar-refractivity contribution is 5.62. The molecule has 27 heavy (non-hydrogen) atoms. The molecule has 4 rings (SSSR count). The van der Waals surface area contributed by atoms with Gasteiger partial charge in [0.2, 0.25) is 0 Å². The van der Waals surface area contributed by atoms with Crippen LogP contribution in [0.25, 0.3) is 0 Å². The Morgan fingerprint density at radius 3 is 1.26 bits per heavy atom. The predicted octanol–water partition coefficient (Wildman–Crippen LogP) is 6.40. The van der Waals surface area contributed by atoms with E-state index in [0.717, 1.165) is 5.69 Å². The Bertz CT molecular complexity index is 895. The summed E-state index contributed by atoms with van der Waals surface area (Å²) in [5.74, 6) is 0. The molecule has 0 heterocycles. The average molecular weight is 349 g/mol. The number of aryl methyl sites for hydroxylation is 1. The molecule has 1 nitrogen and oxygen atoms in total. The number of hydrogen-bond donors (Lipinski definition) is 1. The summed E-state index contributed by atoms with van der Waals surface area (Å²) in [6.45, 7) is 2.15. The van der Waals surface area contributed by atoms with Gasteiger partial charge in [0.15, 0.2) is 0 Å². The van der Waals surface area contributed by atoms with E-state index in [1.807, 2.05) is 0 Å². The van der Waals surface area contributed by atoms with E-state index in [1.165, 1.54) is 22.3 Å². The van der Waals surface area contributed by atoms with Crippen molar-refractivity contribution in [1.82, 2.24) is 0 Å². The molecule has 4 aromatic rings. The molecule has 4 aromatic carbocycles. The van der Waals surface area contributed by atoms with Gasteiger partial charge in [0, 0.05) is 5.69 Å². The number of para-hydroxylation sites is 1. The van der Waals surface area contributed by atoms with E-state index >= 15 is 0 Å². The SMILES string of the molecule is Cc1ccccc1NC(c1ccccc1)(c1ccccc1)c1ccccc1. The summed E-state index contributed by atoms with van der Waals surface area (Å²) in [5.41, 5.74) is 5.52. The molecule has 0 aromatic heterocycles. The molecule has 0 bridgehead atoms. The lowest BCUT2D eigenvalue weighted by atomic mass is 9.76. The monoisotopic (exact) mass is 349 g/mol.